The molecular weight excluding hydrogens is 503 g/mol. The lowest BCUT2D eigenvalue weighted by Gasteiger charge is -2.26. The molecule has 0 heterocycles. The summed E-state index contributed by atoms with van der Waals surface area (Å²) in [4.78, 5) is 23.6. The Balaban J connectivity index is 2.10. The second-order valence-corrected chi connectivity index (χ2v) is 6.24. The highest BCUT2D eigenvalue weighted by atomic mass is 35.5. The zero-order valence-corrected chi connectivity index (χ0v) is 16.1. The van der Waals surface area contributed by atoms with E-state index < -0.39 is 58.5 Å². The van der Waals surface area contributed by atoms with Gasteiger partial charge in [-0.2, -0.15) is 17.6 Å². The van der Waals surface area contributed by atoms with Crippen LogP contribution in [0.1, 0.15) is 10.4 Å². The molecule has 0 radical (unpaired) electrons. The maximum Gasteiger partial charge on any atom is 0.527 e. The summed E-state index contributed by atoms with van der Waals surface area (Å²) in [6.45, 7) is 0. The number of ether oxygens (including phenoxy) is 2. The normalized spacial score (nSPS) is 12.3. The lowest BCUT2D eigenvalue weighted by atomic mass is 10.2. The van der Waals surface area contributed by atoms with Gasteiger partial charge in [-0.05, 0) is 30.3 Å². The van der Waals surface area contributed by atoms with Crippen molar-refractivity contribution in [3.8, 4) is 5.75 Å². The standard InChI is InChI=1S/C17H8ClF9N2O4/c18-8-6-7(28-14(31)29-13(30)12-9(19)2-1-3-10(12)20)4-5-11(8)32-15(21,22)16(23,24)33-17(25,26)27/h1-6H,(H2,28,29,30,31). The summed E-state index contributed by atoms with van der Waals surface area (Å²) in [5, 5.41) is 2.58. The molecule has 0 saturated heterocycles. The van der Waals surface area contributed by atoms with E-state index in [1.54, 1.807) is 5.32 Å². The molecule has 0 bridgehead atoms. The van der Waals surface area contributed by atoms with Gasteiger partial charge < -0.3 is 10.1 Å². The van der Waals surface area contributed by atoms with Crippen molar-refractivity contribution in [2.24, 2.45) is 0 Å². The predicted octanol–water partition coefficient (Wildman–Crippen LogP) is 5.68. The van der Waals surface area contributed by atoms with Gasteiger partial charge >= 0.3 is 24.6 Å². The van der Waals surface area contributed by atoms with Gasteiger partial charge in [0.15, 0.2) is 0 Å². The SMILES string of the molecule is O=C(NC(=O)c1c(F)cccc1F)Nc1ccc(OC(F)(F)C(F)(F)OC(F)(F)F)c(Cl)c1. The molecule has 2 N–H and O–H groups in total. The molecule has 0 fully saturated rings. The van der Waals surface area contributed by atoms with E-state index in [0.29, 0.717) is 18.2 Å². The van der Waals surface area contributed by atoms with Crippen LogP contribution < -0.4 is 15.4 Å². The fraction of sp³-hybridized carbons (Fsp3) is 0.176. The van der Waals surface area contributed by atoms with E-state index in [2.05, 4.69) is 9.47 Å². The van der Waals surface area contributed by atoms with E-state index in [1.807, 2.05) is 5.32 Å². The van der Waals surface area contributed by atoms with Crippen LogP contribution in [0.3, 0.4) is 0 Å². The minimum absolute atomic E-state index is 0.367. The first-order chi connectivity index (χ1) is 15.0. The third-order valence-electron chi connectivity index (χ3n) is 3.43. The highest BCUT2D eigenvalue weighted by Crippen LogP contribution is 2.42. The summed E-state index contributed by atoms with van der Waals surface area (Å²) in [6.07, 6.45) is -18.1. The molecule has 0 aliphatic rings. The number of carbonyl (C=O) groups is 2. The largest absolute Gasteiger partial charge is 0.527 e. The first-order valence-electron chi connectivity index (χ1n) is 8.10. The Hall–Kier alpha value is -3.20. The molecule has 0 saturated carbocycles. The maximum absolute atomic E-state index is 13.5. The van der Waals surface area contributed by atoms with Crippen LogP contribution in [-0.4, -0.2) is 30.5 Å². The van der Waals surface area contributed by atoms with Crippen molar-refractivity contribution in [1.29, 1.82) is 0 Å². The van der Waals surface area contributed by atoms with Crippen molar-refractivity contribution >= 4 is 29.2 Å². The molecule has 0 atom stereocenters. The number of imide groups is 1. The van der Waals surface area contributed by atoms with Crippen molar-refractivity contribution in [1.82, 2.24) is 5.32 Å². The second kappa shape index (κ2) is 9.35. The molecule has 0 aromatic heterocycles. The monoisotopic (exact) mass is 510 g/mol. The molecule has 3 amide bonds. The summed E-state index contributed by atoms with van der Waals surface area (Å²) in [5.41, 5.74) is -1.45. The molecule has 6 nitrogen and oxygen atoms in total. The van der Waals surface area contributed by atoms with E-state index in [-0.39, 0.29) is 5.69 Å². The number of urea groups is 1. The molecule has 0 spiro atoms. The Morgan fingerprint density at radius 1 is 0.879 bits per heavy atom. The fourth-order valence-electron chi connectivity index (χ4n) is 2.11. The topological polar surface area (TPSA) is 76.7 Å². The van der Waals surface area contributed by atoms with Crippen molar-refractivity contribution in [3.05, 3.63) is 58.6 Å². The highest BCUT2D eigenvalue weighted by Gasteiger charge is 2.66. The average Bonchev–Trinajstić information content (AvgIpc) is 2.61. The van der Waals surface area contributed by atoms with E-state index in [1.165, 1.54) is 0 Å². The smallest absolute Gasteiger partial charge is 0.424 e. The van der Waals surface area contributed by atoms with Crippen LogP contribution in [0.5, 0.6) is 5.75 Å². The molecule has 16 heteroatoms. The number of anilines is 1. The minimum Gasteiger partial charge on any atom is -0.424 e. The summed E-state index contributed by atoms with van der Waals surface area (Å²) in [6, 6.07) is 2.89. The molecule has 2 aromatic carbocycles. The van der Waals surface area contributed by atoms with E-state index in [9.17, 15) is 49.1 Å². The predicted molar refractivity (Wildman–Crippen MR) is 92.0 cm³/mol. The summed E-state index contributed by atoms with van der Waals surface area (Å²) < 4.78 is 121. The Kier molecular flexibility index (Phi) is 7.38. The average molecular weight is 511 g/mol. The van der Waals surface area contributed by atoms with Gasteiger partial charge in [0.25, 0.3) is 5.91 Å². The minimum atomic E-state index is -6.13. The van der Waals surface area contributed by atoms with Gasteiger partial charge in [0, 0.05) is 5.69 Å². The zero-order chi connectivity index (χ0) is 25.2. The van der Waals surface area contributed by atoms with Gasteiger partial charge in [0.2, 0.25) is 0 Å². The molecule has 2 rings (SSSR count). The van der Waals surface area contributed by atoms with Gasteiger partial charge in [-0.1, -0.05) is 17.7 Å². The van der Waals surface area contributed by atoms with Crippen molar-refractivity contribution in [2.45, 2.75) is 18.6 Å². The summed E-state index contributed by atoms with van der Waals surface area (Å²) >= 11 is 5.54. The van der Waals surface area contributed by atoms with Gasteiger partial charge in [-0.3, -0.25) is 10.1 Å². The number of rotatable bonds is 6. The third kappa shape index (κ3) is 6.64. The molecule has 2 aromatic rings. The van der Waals surface area contributed by atoms with Gasteiger partial charge in [-0.15, -0.1) is 13.2 Å². The molecule has 0 aliphatic carbocycles. The van der Waals surface area contributed by atoms with E-state index in [0.717, 1.165) is 18.2 Å². The maximum atomic E-state index is 13.5. The van der Waals surface area contributed by atoms with Crippen LogP contribution in [0.25, 0.3) is 0 Å². The number of carbonyl (C=O) groups excluding carboxylic acids is 2. The van der Waals surface area contributed by atoms with Crippen molar-refractivity contribution in [3.63, 3.8) is 0 Å². The number of hydrogen-bond donors (Lipinski definition) is 2. The Labute approximate surface area is 182 Å². The molecule has 0 unspecified atom stereocenters. The second-order valence-electron chi connectivity index (χ2n) is 5.83. The van der Waals surface area contributed by atoms with Crippen LogP contribution in [-0.2, 0) is 4.74 Å². The van der Waals surface area contributed by atoms with Gasteiger partial charge in [0.1, 0.15) is 22.9 Å². The molecular formula is C17H8ClF9N2O4. The number of hydrogen-bond acceptors (Lipinski definition) is 4. The first-order valence-corrected chi connectivity index (χ1v) is 8.47. The highest BCUT2D eigenvalue weighted by molar-refractivity contribution is 6.32. The van der Waals surface area contributed by atoms with Crippen molar-refractivity contribution in [2.75, 3.05) is 5.32 Å². The lowest BCUT2D eigenvalue weighted by Crippen LogP contribution is -2.50. The Morgan fingerprint density at radius 2 is 1.45 bits per heavy atom. The van der Waals surface area contributed by atoms with E-state index in [4.69, 9.17) is 11.6 Å². The molecule has 180 valence electrons. The Morgan fingerprint density at radius 3 is 1.97 bits per heavy atom. The quantitative estimate of drug-likeness (QED) is 0.490. The summed E-state index contributed by atoms with van der Waals surface area (Å²) in [5.74, 6) is -5.28. The third-order valence-corrected chi connectivity index (χ3v) is 3.72. The number of amides is 3. The number of alkyl halides is 7. The van der Waals surface area contributed by atoms with Crippen LogP contribution in [0.4, 0.5) is 50.0 Å². The first kappa shape index (κ1) is 26.1. The van der Waals surface area contributed by atoms with Crippen LogP contribution in [0, 0.1) is 11.6 Å². The van der Waals surface area contributed by atoms with Gasteiger partial charge in [0.05, 0.1) is 5.02 Å². The van der Waals surface area contributed by atoms with E-state index >= 15 is 0 Å². The van der Waals surface area contributed by atoms with Gasteiger partial charge in [-0.25, -0.2) is 18.3 Å². The Bertz CT molecular complexity index is 1040. The van der Waals surface area contributed by atoms with Crippen LogP contribution in [0.15, 0.2) is 36.4 Å². The van der Waals surface area contributed by atoms with Crippen LogP contribution in [0.2, 0.25) is 5.02 Å². The lowest BCUT2D eigenvalue weighted by molar-refractivity contribution is -0.492. The molecule has 33 heavy (non-hydrogen) atoms. The number of halogens is 10. The number of nitrogens with one attached hydrogen (secondary N) is 2. The molecule has 0 aliphatic heterocycles. The number of benzene rings is 2. The fourth-order valence-corrected chi connectivity index (χ4v) is 2.33. The zero-order valence-electron chi connectivity index (χ0n) is 15.4. The van der Waals surface area contributed by atoms with Crippen molar-refractivity contribution < 1.29 is 58.6 Å². The van der Waals surface area contributed by atoms with Crippen LogP contribution >= 0.6 is 11.6 Å². The summed E-state index contributed by atoms with van der Waals surface area (Å²) in [7, 11) is 0.